The Bertz CT molecular complexity index is 991. The topological polar surface area (TPSA) is 52.6 Å². The van der Waals surface area contributed by atoms with Crippen molar-refractivity contribution in [1.29, 1.82) is 0 Å². The highest BCUT2D eigenvalue weighted by Gasteiger charge is 2.33. The highest BCUT2D eigenvalue weighted by Crippen LogP contribution is 2.44. The van der Waals surface area contributed by atoms with Crippen molar-refractivity contribution in [2.24, 2.45) is 0 Å². The molecule has 3 aromatic carbocycles. The highest BCUT2D eigenvalue weighted by atomic mass is 16.5. The first-order valence-electron chi connectivity index (χ1n) is 9.82. The summed E-state index contributed by atoms with van der Waals surface area (Å²) in [6, 6.07) is 22.3. The Morgan fingerprint density at radius 3 is 2.03 bits per heavy atom. The minimum Gasteiger partial charge on any atom is -0.457 e. The molecule has 3 aromatic rings. The number of rotatable bonds is 6. The molecule has 0 amide bonds. The number of esters is 1. The maximum Gasteiger partial charge on any atom is 0.318 e. The third-order valence-electron chi connectivity index (χ3n) is 5.08. The van der Waals surface area contributed by atoms with Crippen LogP contribution in [0.15, 0.2) is 72.8 Å². The number of hydrogen-bond acceptors (Lipinski definition) is 4. The van der Waals surface area contributed by atoms with Gasteiger partial charge in [0.15, 0.2) is 12.4 Å². The smallest absolute Gasteiger partial charge is 0.318 e. The molecule has 0 spiro atoms. The van der Waals surface area contributed by atoms with Crippen LogP contribution in [0.3, 0.4) is 0 Å². The average molecular weight is 386 g/mol. The van der Waals surface area contributed by atoms with Crippen LogP contribution in [0.2, 0.25) is 0 Å². The Morgan fingerprint density at radius 2 is 1.45 bits per heavy atom. The summed E-state index contributed by atoms with van der Waals surface area (Å²) in [7, 11) is 0. The molecule has 0 saturated heterocycles. The van der Waals surface area contributed by atoms with Crippen molar-refractivity contribution in [2.45, 2.75) is 25.7 Å². The van der Waals surface area contributed by atoms with Gasteiger partial charge in [-0.1, -0.05) is 74.0 Å². The molecule has 0 N–H and O–H groups in total. The molecule has 0 radical (unpaired) electrons. The molecule has 1 heterocycles. The molecule has 29 heavy (non-hydrogen) atoms. The maximum absolute atomic E-state index is 13.0. The number of aryl methyl sites for hydroxylation is 1. The van der Waals surface area contributed by atoms with Gasteiger partial charge in [-0.25, -0.2) is 0 Å². The lowest BCUT2D eigenvalue weighted by atomic mass is 9.88. The van der Waals surface area contributed by atoms with Crippen LogP contribution in [0.5, 0.6) is 11.5 Å². The number of ketones is 1. The Kier molecular flexibility index (Phi) is 5.43. The zero-order chi connectivity index (χ0) is 20.2. The second kappa shape index (κ2) is 8.31. The van der Waals surface area contributed by atoms with Crippen molar-refractivity contribution in [3.8, 4) is 11.5 Å². The zero-order valence-electron chi connectivity index (χ0n) is 16.3. The van der Waals surface area contributed by atoms with Gasteiger partial charge in [-0.15, -0.1) is 0 Å². The number of fused-ring (bicyclic) bond motifs is 2. The lowest BCUT2D eigenvalue weighted by Crippen LogP contribution is -2.23. The van der Waals surface area contributed by atoms with Crippen molar-refractivity contribution in [1.82, 2.24) is 0 Å². The third kappa shape index (κ3) is 3.92. The summed E-state index contributed by atoms with van der Waals surface area (Å²) in [5.74, 6) is -0.0213. The summed E-state index contributed by atoms with van der Waals surface area (Å²) in [6.07, 6.45) is 2.03. The Hall–Kier alpha value is -3.40. The fraction of sp³-hybridized carbons (Fsp3) is 0.200. The van der Waals surface area contributed by atoms with Gasteiger partial charge in [-0.2, -0.15) is 0 Å². The van der Waals surface area contributed by atoms with Crippen molar-refractivity contribution in [2.75, 3.05) is 6.61 Å². The number of para-hydroxylation sites is 2. The van der Waals surface area contributed by atoms with Gasteiger partial charge < -0.3 is 9.47 Å². The minimum atomic E-state index is -0.615. The van der Waals surface area contributed by atoms with Gasteiger partial charge in [0.2, 0.25) is 0 Å². The SMILES string of the molecule is CCCc1ccc(C(=O)COC(=O)C2c3ccccc3Oc3ccccc32)cc1. The zero-order valence-corrected chi connectivity index (χ0v) is 16.3. The molecular formula is C25H22O4. The first-order chi connectivity index (χ1) is 14.2. The molecule has 4 rings (SSSR count). The normalized spacial score (nSPS) is 12.4. The Labute approximate surface area is 170 Å². The predicted molar refractivity (Wildman–Crippen MR) is 111 cm³/mol. The molecule has 1 aliphatic rings. The van der Waals surface area contributed by atoms with E-state index in [1.807, 2.05) is 60.7 Å². The summed E-state index contributed by atoms with van der Waals surface area (Å²) < 4.78 is 11.4. The van der Waals surface area contributed by atoms with Crippen LogP contribution in [0.1, 0.15) is 46.3 Å². The van der Waals surface area contributed by atoms with Crippen molar-refractivity contribution >= 4 is 11.8 Å². The second-order valence-electron chi connectivity index (χ2n) is 7.09. The van der Waals surface area contributed by atoms with E-state index in [2.05, 4.69) is 6.92 Å². The maximum atomic E-state index is 13.0. The van der Waals surface area contributed by atoms with E-state index in [4.69, 9.17) is 9.47 Å². The van der Waals surface area contributed by atoms with Crippen LogP contribution in [0.4, 0.5) is 0 Å². The molecule has 0 atom stereocenters. The van der Waals surface area contributed by atoms with E-state index in [9.17, 15) is 9.59 Å². The molecule has 146 valence electrons. The molecule has 0 saturated carbocycles. The van der Waals surface area contributed by atoms with E-state index in [0.29, 0.717) is 17.1 Å². The minimum absolute atomic E-state index is 0.213. The first-order valence-corrected chi connectivity index (χ1v) is 9.82. The Balaban J connectivity index is 1.51. The Morgan fingerprint density at radius 1 is 0.862 bits per heavy atom. The molecule has 0 unspecified atom stereocenters. The van der Waals surface area contributed by atoms with Crippen molar-refractivity contribution < 1.29 is 19.1 Å². The summed E-state index contributed by atoms with van der Waals surface area (Å²) >= 11 is 0. The summed E-state index contributed by atoms with van der Waals surface area (Å²) in [4.78, 5) is 25.5. The van der Waals surface area contributed by atoms with E-state index < -0.39 is 11.9 Å². The molecule has 0 aliphatic carbocycles. The van der Waals surface area contributed by atoms with E-state index >= 15 is 0 Å². The van der Waals surface area contributed by atoms with Crippen molar-refractivity contribution in [3.05, 3.63) is 95.1 Å². The van der Waals surface area contributed by atoms with E-state index in [1.54, 1.807) is 12.1 Å². The molecule has 4 nitrogen and oxygen atoms in total. The van der Waals surface area contributed by atoms with E-state index in [1.165, 1.54) is 5.56 Å². The predicted octanol–water partition coefficient (Wildman–Crippen LogP) is 5.30. The third-order valence-corrected chi connectivity index (χ3v) is 5.08. The fourth-order valence-corrected chi connectivity index (χ4v) is 3.61. The first kappa shape index (κ1) is 18.9. The fourth-order valence-electron chi connectivity index (χ4n) is 3.61. The second-order valence-corrected chi connectivity index (χ2v) is 7.09. The van der Waals surface area contributed by atoms with Gasteiger partial charge >= 0.3 is 5.97 Å². The van der Waals surface area contributed by atoms with Crippen LogP contribution in [-0.4, -0.2) is 18.4 Å². The standard InChI is InChI=1S/C25H22O4/c1-2-7-17-12-14-18(15-13-17)21(26)16-28-25(27)24-19-8-3-5-10-22(19)29-23-11-6-4-9-20(23)24/h3-6,8-15,24H,2,7,16H2,1H3. The van der Waals surface area contributed by atoms with Gasteiger partial charge in [0, 0.05) is 16.7 Å². The lowest BCUT2D eigenvalue weighted by molar-refractivity contribution is -0.143. The monoisotopic (exact) mass is 386 g/mol. The number of Topliss-reactive ketones (excluding diaryl/α,β-unsaturated/α-hetero) is 1. The molecular weight excluding hydrogens is 364 g/mol. The summed E-state index contributed by atoms with van der Waals surface area (Å²) in [6.45, 7) is 1.83. The van der Waals surface area contributed by atoms with Crippen LogP contribution in [0.25, 0.3) is 0 Å². The number of hydrogen-bond donors (Lipinski definition) is 0. The quantitative estimate of drug-likeness (QED) is 0.426. The largest absolute Gasteiger partial charge is 0.457 e. The van der Waals surface area contributed by atoms with Crippen LogP contribution in [-0.2, 0) is 16.0 Å². The van der Waals surface area contributed by atoms with Crippen molar-refractivity contribution in [3.63, 3.8) is 0 Å². The van der Waals surface area contributed by atoms with Gasteiger partial charge in [0.25, 0.3) is 0 Å². The number of ether oxygens (including phenoxy) is 2. The molecule has 1 aliphatic heterocycles. The number of carbonyl (C=O) groups is 2. The van der Waals surface area contributed by atoms with E-state index in [0.717, 1.165) is 24.0 Å². The van der Waals surface area contributed by atoms with Gasteiger partial charge in [0.1, 0.15) is 17.4 Å². The van der Waals surface area contributed by atoms with Gasteiger partial charge in [0.05, 0.1) is 0 Å². The highest BCUT2D eigenvalue weighted by molar-refractivity contribution is 5.98. The van der Waals surface area contributed by atoms with Gasteiger partial charge in [-0.05, 0) is 24.1 Å². The average Bonchev–Trinajstić information content (AvgIpc) is 2.76. The molecule has 0 bridgehead atoms. The van der Waals surface area contributed by atoms with Crippen LogP contribution < -0.4 is 4.74 Å². The van der Waals surface area contributed by atoms with Crippen LogP contribution in [0, 0.1) is 0 Å². The molecule has 0 fully saturated rings. The molecule has 0 aromatic heterocycles. The lowest BCUT2D eigenvalue weighted by Gasteiger charge is -2.26. The number of benzene rings is 3. The number of carbonyl (C=O) groups excluding carboxylic acids is 2. The summed E-state index contributed by atoms with van der Waals surface area (Å²) in [5, 5.41) is 0. The summed E-state index contributed by atoms with van der Waals surface area (Å²) in [5.41, 5.74) is 3.22. The molecule has 4 heteroatoms. The van der Waals surface area contributed by atoms with Gasteiger partial charge in [-0.3, -0.25) is 9.59 Å². The van der Waals surface area contributed by atoms with Crippen LogP contribution >= 0.6 is 0 Å². The van der Waals surface area contributed by atoms with E-state index in [-0.39, 0.29) is 12.4 Å².